The molecule has 0 spiro atoms. The van der Waals surface area contributed by atoms with Crippen LogP contribution in [0.2, 0.25) is 0 Å². The Morgan fingerprint density at radius 1 is 0.634 bits per heavy atom. The summed E-state index contributed by atoms with van der Waals surface area (Å²) >= 11 is 0. The number of carbonyl (C=O) groups is 4. The third kappa shape index (κ3) is 15.5. The molecule has 6 atom stereocenters. The number of likely N-dealkylation sites (tertiary alicyclic amines) is 2. The van der Waals surface area contributed by atoms with Crippen molar-refractivity contribution in [2.24, 2.45) is 5.73 Å². The summed E-state index contributed by atoms with van der Waals surface area (Å²) < 4.78 is 113. The predicted molar refractivity (Wildman–Crippen MR) is 238 cm³/mol. The first-order chi connectivity index (χ1) is 32.7. The zero-order valence-electron chi connectivity index (χ0n) is 39.8. The first-order valence-electron chi connectivity index (χ1n) is 21.9. The maximum Gasteiger partial charge on any atom is 0.451 e. The highest BCUT2D eigenvalue weighted by Crippen LogP contribution is 2.32. The Balaban J connectivity index is 0.000000256. The number of carbonyl (C=O) groups excluding carboxylic acids is 3. The van der Waals surface area contributed by atoms with E-state index in [1.54, 1.807) is 55.4 Å². The number of hydrogen-bond acceptors (Lipinski definition) is 13. The molecule has 0 unspecified atom stereocenters. The number of rotatable bonds is 8. The fourth-order valence-corrected chi connectivity index (χ4v) is 7.27. The van der Waals surface area contributed by atoms with Crippen molar-refractivity contribution >= 4 is 23.9 Å². The zero-order valence-corrected chi connectivity index (χ0v) is 39.8. The van der Waals surface area contributed by atoms with Gasteiger partial charge in [-0.2, -0.15) is 26.3 Å². The van der Waals surface area contributed by atoms with Crippen LogP contribution in [0.3, 0.4) is 0 Å². The van der Waals surface area contributed by atoms with Gasteiger partial charge in [0.25, 0.3) is 0 Å². The fourth-order valence-electron chi connectivity index (χ4n) is 7.27. The molecular formula is C47H55F8N7O9. The lowest BCUT2D eigenvalue weighted by atomic mass is 9.98. The van der Waals surface area contributed by atoms with Crippen molar-refractivity contribution < 1.29 is 79.1 Å². The maximum absolute atomic E-state index is 14.4. The SMILES string of the molecule is C[C@H]1[C@@H](O)C[C@@H](C(=O)CCc2cc(-c3cnc(C(F)(F)F)nc3)ccc2F)N1C(=O)OC(C)(C)C.C[C@H]1[C@@H](O)C[C@@H](C(=O)O)N1C(=O)OC(C)(C)C.NCc1cc(-c2cnc(C(F)(F)F)nc2)ccc1F. The molecule has 0 aliphatic carbocycles. The molecule has 2 aromatic carbocycles. The monoisotopic (exact) mass is 1010 g/mol. The summed E-state index contributed by atoms with van der Waals surface area (Å²) in [5, 5.41) is 28.9. The number of benzene rings is 2. The average molecular weight is 1010 g/mol. The van der Waals surface area contributed by atoms with Crippen LogP contribution in [0, 0.1) is 11.6 Å². The molecule has 2 aliphatic rings. The Morgan fingerprint density at radius 3 is 1.37 bits per heavy atom. The second-order valence-electron chi connectivity index (χ2n) is 18.6. The van der Waals surface area contributed by atoms with Crippen LogP contribution in [-0.4, -0.2) is 117 Å². The van der Waals surface area contributed by atoms with E-state index < -0.39 is 101 Å². The minimum Gasteiger partial charge on any atom is -0.480 e. The normalized spacial score (nSPS) is 20.3. The number of aliphatic carboxylic acids is 1. The highest BCUT2D eigenvalue weighted by atomic mass is 19.4. The van der Waals surface area contributed by atoms with Crippen LogP contribution in [0.4, 0.5) is 44.7 Å². The lowest BCUT2D eigenvalue weighted by molar-refractivity contribution is -0.145. The largest absolute Gasteiger partial charge is 0.480 e. The van der Waals surface area contributed by atoms with E-state index in [1.165, 1.54) is 35.2 Å². The topological polar surface area (TPSA) is 231 Å². The molecule has 5 N–H and O–H groups in total. The minimum atomic E-state index is -4.68. The number of amides is 2. The Labute approximate surface area is 403 Å². The van der Waals surface area contributed by atoms with Crippen LogP contribution < -0.4 is 5.73 Å². The predicted octanol–water partition coefficient (Wildman–Crippen LogP) is 8.15. The number of nitrogens with zero attached hydrogens (tertiary/aromatic N) is 6. The van der Waals surface area contributed by atoms with Gasteiger partial charge in [-0.3, -0.25) is 14.6 Å². The van der Waals surface area contributed by atoms with Gasteiger partial charge in [0.1, 0.15) is 28.9 Å². The van der Waals surface area contributed by atoms with Crippen LogP contribution in [0.25, 0.3) is 22.3 Å². The minimum absolute atomic E-state index is 0.00116. The highest BCUT2D eigenvalue weighted by molar-refractivity contribution is 5.88. The van der Waals surface area contributed by atoms with Crippen molar-refractivity contribution in [1.29, 1.82) is 0 Å². The Bertz CT molecular complexity index is 2500. The molecule has 0 radical (unpaired) electrons. The quantitative estimate of drug-likeness (QED) is 0.122. The van der Waals surface area contributed by atoms with Crippen molar-refractivity contribution in [3.8, 4) is 22.3 Å². The summed E-state index contributed by atoms with van der Waals surface area (Å²) in [6.45, 7) is 13.4. The lowest BCUT2D eigenvalue weighted by Gasteiger charge is -2.30. The number of halogens is 8. The fraction of sp³-hybridized carbons (Fsp3) is 0.489. The van der Waals surface area contributed by atoms with Crippen LogP contribution in [0.15, 0.2) is 61.2 Å². The molecule has 2 fully saturated rings. The molecule has 6 rings (SSSR count). The number of aryl methyl sites for hydroxylation is 1. The van der Waals surface area contributed by atoms with Gasteiger partial charge in [0.15, 0.2) is 5.78 Å². The van der Waals surface area contributed by atoms with Crippen LogP contribution in [-0.2, 0) is 44.4 Å². The number of aromatic nitrogens is 4. The van der Waals surface area contributed by atoms with Gasteiger partial charge in [0, 0.05) is 67.3 Å². The van der Waals surface area contributed by atoms with E-state index >= 15 is 0 Å². The summed E-state index contributed by atoms with van der Waals surface area (Å²) in [6.07, 6.45) is -8.36. The van der Waals surface area contributed by atoms with Gasteiger partial charge < -0.3 is 30.5 Å². The molecule has 4 heterocycles. The van der Waals surface area contributed by atoms with Crippen molar-refractivity contribution in [2.45, 2.75) is 148 Å². The Hall–Kier alpha value is -6.40. The standard InChI is InChI=1S/C24H27F4N3O4.C12H9F4N3.C11H19NO5/c1-13-20(33)10-18(31(13)22(34)35-23(2,3)4)19(32)8-6-15-9-14(5-7-17(15)25)16-11-29-21(30-12-16)24(26,27)28;13-10-2-1-7(3-8(10)4-17)9-5-18-11(19-6-9)12(14,15)16;1-6-8(13)5-7(9(14)15)12(6)10(16)17-11(2,3)4/h5,7,9,11-13,18,20,33H,6,8,10H2,1-4H3;1-3,5-6H,4,17H2;6-8,13H,5H2,1-4H3,(H,14,15)/t13-,18-,20-;;6-,7-,8-/m0.0/s1. The molecule has 16 nitrogen and oxygen atoms in total. The van der Waals surface area contributed by atoms with Crippen molar-refractivity contribution in [1.82, 2.24) is 29.7 Å². The number of aliphatic hydroxyl groups excluding tert-OH is 2. The average Bonchev–Trinajstić information content (AvgIpc) is 3.75. The van der Waals surface area contributed by atoms with E-state index in [4.69, 9.17) is 20.3 Å². The van der Waals surface area contributed by atoms with E-state index in [2.05, 4.69) is 19.9 Å². The van der Waals surface area contributed by atoms with Gasteiger partial charge in [-0.1, -0.05) is 12.1 Å². The second-order valence-corrected chi connectivity index (χ2v) is 18.6. The second kappa shape index (κ2) is 22.8. The van der Waals surface area contributed by atoms with Gasteiger partial charge in [0.2, 0.25) is 11.6 Å². The Kier molecular flexibility index (Phi) is 18.3. The van der Waals surface area contributed by atoms with E-state index in [-0.39, 0.29) is 54.7 Å². The molecule has 4 aromatic rings. The summed E-state index contributed by atoms with van der Waals surface area (Å²) in [6, 6.07) is 4.94. The highest BCUT2D eigenvalue weighted by Gasteiger charge is 2.47. The lowest BCUT2D eigenvalue weighted by Crippen LogP contribution is -2.47. The third-order valence-electron chi connectivity index (χ3n) is 10.9. The van der Waals surface area contributed by atoms with Crippen LogP contribution in [0.5, 0.6) is 0 Å². The molecule has 24 heteroatoms. The number of hydrogen-bond donors (Lipinski definition) is 4. The van der Waals surface area contributed by atoms with E-state index in [1.807, 2.05) is 0 Å². The number of carboxylic acid groups (broad SMARTS) is 1. The molecule has 2 saturated heterocycles. The Morgan fingerprint density at radius 2 is 1.00 bits per heavy atom. The van der Waals surface area contributed by atoms with E-state index in [0.717, 1.165) is 35.8 Å². The molecule has 2 aliphatic heterocycles. The number of ether oxygens (including phenoxy) is 2. The van der Waals surface area contributed by atoms with Gasteiger partial charge in [-0.15, -0.1) is 0 Å². The number of carboxylic acids is 1. The number of Topliss-reactive ketones (excluding diaryl/α,β-unsaturated/α-hetero) is 1. The summed E-state index contributed by atoms with van der Waals surface area (Å²) in [5.41, 5.74) is 5.85. The maximum atomic E-state index is 14.4. The van der Waals surface area contributed by atoms with Crippen LogP contribution >= 0.6 is 0 Å². The molecule has 0 bridgehead atoms. The smallest absolute Gasteiger partial charge is 0.451 e. The number of ketones is 1. The van der Waals surface area contributed by atoms with Gasteiger partial charge in [0.05, 0.1) is 30.3 Å². The number of alkyl halides is 6. The van der Waals surface area contributed by atoms with Crippen molar-refractivity contribution in [2.75, 3.05) is 0 Å². The van der Waals surface area contributed by atoms with Crippen molar-refractivity contribution in [3.63, 3.8) is 0 Å². The van der Waals surface area contributed by atoms with E-state index in [9.17, 15) is 64.5 Å². The molecule has 0 saturated carbocycles. The molecule has 388 valence electrons. The van der Waals surface area contributed by atoms with Gasteiger partial charge >= 0.3 is 30.5 Å². The molecule has 2 amide bonds. The first-order valence-corrected chi connectivity index (χ1v) is 21.9. The summed E-state index contributed by atoms with van der Waals surface area (Å²) in [5.74, 6) is -5.02. The zero-order chi connectivity index (χ0) is 53.6. The van der Waals surface area contributed by atoms with Crippen molar-refractivity contribution in [3.05, 3.63) is 95.6 Å². The number of aliphatic hydroxyl groups is 2. The van der Waals surface area contributed by atoms with Gasteiger partial charge in [-0.25, -0.2) is 43.1 Å². The van der Waals surface area contributed by atoms with Gasteiger partial charge in [-0.05, 0) is 103 Å². The number of nitrogens with two attached hydrogens (primary N) is 1. The molecule has 2 aromatic heterocycles. The van der Waals surface area contributed by atoms with E-state index in [0.29, 0.717) is 16.7 Å². The molecular weight excluding hydrogens is 959 g/mol. The summed E-state index contributed by atoms with van der Waals surface area (Å²) in [4.78, 5) is 63.9. The van der Waals surface area contributed by atoms with Crippen LogP contribution in [0.1, 0.15) is 97.4 Å². The third-order valence-corrected chi connectivity index (χ3v) is 10.9. The molecule has 71 heavy (non-hydrogen) atoms. The summed E-state index contributed by atoms with van der Waals surface area (Å²) in [7, 11) is 0. The first kappa shape index (κ1) is 57.2.